The highest BCUT2D eigenvalue weighted by Gasteiger charge is 2.18. The molecule has 0 aromatic heterocycles. The van der Waals surface area contributed by atoms with Gasteiger partial charge in [-0.2, -0.15) is 0 Å². The van der Waals surface area contributed by atoms with E-state index in [9.17, 15) is 23.2 Å². The zero-order valence-electron chi connectivity index (χ0n) is 18.2. The highest BCUT2D eigenvalue weighted by molar-refractivity contribution is 9.10. The number of carbonyl (C=O) groups is 3. The predicted molar refractivity (Wildman–Crippen MR) is 128 cm³/mol. The maximum Gasteiger partial charge on any atom is 0.262 e. The van der Waals surface area contributed by atoms with Gasteiger partial charge >= 0.3 is 0 Å². The Labute approximate surface area is 203 Å². The van der Waals surface area contributed by atoms with Gasteiger partial charge in [0.1, 0.15) is 17.4 Å². The van der Waals surface area contributed by atoms with Gasteiger partial charge in [-0.3, -0.25) is 14.4 Å². The Morgan fingerprint density at radius 2 is 1.56 bits per heavy atom. The van der Waals surface area contributed by atoms with E-state index in [0.29, 0.717) is 11.4 Å². The summed E-state index contributed by atoms with van der Waals surface area (Å²) in [5.41, 5.74) is 0.982. The zero-order chi connectivity index (χ0) is 24.7. The highest BCUT2D eigenvalue weighted by Crippen LogP contribution is 2.23. The minimum Gasteiger partial charge on any atom is -0.483 e. The molecule has 34 heavy (non-hydrogen) atoms. The molecule has 0 aliphatic carbocycles. The van der Waals surface area contributed by atoms with E-state index in [-0.39, 0.29) is 30.1 Å². The molecule has 0 saturated heterocycles. The molecule has 6 nitrogen and oxygen atoms in total. The molecule has 3 aromatic rings. The number of nitrogens with zero attached hydrogens (tertiary/aromatic N) is 1. The minimum atomic E-state index is -0.648. The van der Waals surface area contributed by atoms with Gasteiger partial charge < -0.3 is 15.0 Å². The van der Waals surface area contributed by atoms with Crippen molar-refractivity contribution in [2.24, 2.45) is 0 Å². The van der Waals surface area contributed by atoms with Gasteiger partial charge in [-0.15, -0.1) is 0 Å². The Morgan fingerprint density at radius 1 is 0.912 bits per heavy atom. The summed E-state index contributed by atoms with van der Waals surface area (Å²) in [5.74, 6) is -2.37. The molecule has 0 fully saturated rings. The number of nitrogens with one attached hydrogen (secondary N) is 1. The average Bonchev–Trinajstić information content (AvgIpc) is 2.83. The van der Waals surface area contributed by atoms with Gasteiger partial charge in [0.15, 0.2) is 12.4 Å². The van der Waals surface area contributed by atoms with Gasteiger partial charge in [-0.05, 0) is 66.7 Å². The molecule has 2 amide bonds. The Balaban J connectivity index is 1.60. The van der Waals surface area contributed by atoms with Crippen molar-refractivity contribution in [2.45, 2.75) is 12.8 Å². The number of ketones is 1. The van der Waals surface area contributed by atoms with Crippen LogP contribution in [0.3, 0.4) is 0 Å². The molecule has 0 saturated carbocycles. The fraction of sp³-hybridized carbons (Fsp3) is 0.160. The SMILES string of the molecule is CN(C(=O)CCC(=O)c1cc(F)ccc1OCC(=O)Nc1ccc(Br)cc1)c1ccc(F)cc1. The third kappa shape index (κ3) is 6.95. The molecule has 0 atom stereocenters. The largest absolute Gasteiger partial charge is 0.483 e. The van der Waals surface area contributed by atoms with Gasteiger partial charge in [0.05, 0.1) is 5.56 Å². The lowest BCUT2D eigenvalue weighted by molar-refractivity contribution is -0.118. The lowest BCUT2D eigenvalue weighted by atomic mass is 10.0. The average molecular weight is 531 g/mol. The number of amides is 2. The first kappa shape index (κ1) is 25.0. The number of halogens is 3. The van der Waals surface area contributed by atoms with Crippen LogP contribution in [0.1, 0.15) is 23.2 Å². The fourth-order valence-corrected chi connectivity index (χ4v) is 3.32. The molecule has 0 aliphatic heterocycles. The van der Waals surface area contributed by atoms with Gasteiger partial charge in [0.25, 0.3) is 5.91 Å². The number of carbonyl (C=O) groups excluding carboxylic acids is 3. The maximum atomic E-state index is 13.8. The van der Waals surface area contributed by atoms with E-state index in [1.165, 1.54) is 42.3 Å². The number of anilines is 2. The lowest BCUT2D eigenvalue weighted by Crippen LogP contribution is -2.26. The number of hydrogen-bond acceptors (Lipinski definition) is 4. The molecular weight excluding hydrogens is 510 g/mol. The van der Waals surface area contributed by atoms with Crippen LogP contribution >= 0.6 is 15.9 Å². The molecule has 0 spiro atoms. The summed E-state index contributed by atoms with van der Waals surface area (Å²) < 4.78 is 33.2. The van der Waals surface area contributed by atoms with E-state index in [4.69, 9.17) is 4.74 Å². The number of ether oxygens (including phenoxy) is 1. The second kappa shape index (κ2) is 11.5. The van der Waals surface area contributed by atoms with Crippen molar-refractivity contribution < 1.29 is 27.9 Å². The van der Waals surface area contributed by atoms with Crippen molar-refractivity contribution in [3.05, 3.63) is 88.4 Å². The smallest absolute Gasteiger partial charge is 0.262 e. The van der Waals surface area contributed by atoms with E-state index in [0.717, 1.165) is 16.6 Å². The predicted octanol–water partition coefficient (Wildman–Crippen LogP) is 5.37. The minimum absolute atomic E-state index is 0.0386. The summed E-state index contributed by atoms with van der Waals surface area (Å²) in [4.78, 5) is 38.7. The van der Waals surface area contributed by atoms with Crippen molar-refractivity contribution >= 4 is 44.9 Å². The summed E-state index contributed by atoms with van der Waals surface area (Å²) >= 11 is 3.31. The number of benzene rings is 3. The summed E-state index contributed by atoms with van der Waals surface area (Å²) in [7, 11) is 1.51. The first-order valence-electron chi connectivity index (χ1n) is 10.3. The lowest BCUT2D eigenvalue weighted by Gasteiger charge is -2.17. The van der Waals surface area contributed by atoms with E-state index in [2.05, 4.69) is 21.2 Å². The molecule has 176 valence electrons. The van der Waals surface area contributed by atoms with Crippen molar-refractivity contribution in [1.29, 1.82) is 0 Å². The van der Waals surface area contributed by atoms with Gasteiger partial charge in [0, 0.05) is 35.7 Å². The molecule has 0 bridgehead atoms. The Kier molecular flexibility index (Phi) is 8.48. The molecule has 0 unspecified atom stereocenters. The summed E-state index contributed by atoms with van der Waals surface area (Å²) in [5, 5.41) is 2.65. The van der Waals surface area contributed by atoms with Crippen molar-refractivity contribution in [3.8, 4) is 5.75 Å². The Bertz CT molecular complexity index is 1180. The normalized spacial score (nSPS) is 10.5. The van der Waals surface area contributed by atoms with E-state index in [1.807, 2.05) is 0 Å². The molecule has 0 heterocycles. The fourth-order valence-electron chi connectivity index (χ4n) is 3.05. The van der Waals surface area contributed by atoms with E-state index in [1.54, 1.807) is 24.3 Å². The van der Waals surface area contributed by atoms with Crippen LogP contribution < -0.4 is 15.0 Å². The number of rotatable bonds is 9. The quantitative estimate of drug-likeness (QED) is 0.377. The van der Waals surface area contributed by atoms with Crippen LogP contribution in [0, 0.1) is 11.6 Å². The number of Topliss-reactive ketones (excluding diaryl/α,β-unsaturated/α-hetero) is 1. The molecule has 0 radical (unpaired) electrons. The molecule has 3 rings (SSSR count). The van der Waals surface area contributed by atoms with Crippen LogP contribution in [0.5, 0.6) is 5.75 Å². The van der Waals surface area contributed by atoms with Crippen molar-refractivity contribution in [3.63, 3.8) is 0 Å². The van der Waals surface area contributed by atoms with Gasteiger partial charge in [0.2, 0.25) is 5.91 Å². The third-order valence-corrected chi connectivity index (χ3v) is 5.41. The molecular formula is C25H21BrF2N2O4. The van der Waals surface area contributed by atoms with Crippen LogP contribution in [0.25, 0.3) is 0 Å². The van der Waals surface area contributed by atoms with Crippen molar-refractivity contribution in [2.75, 3.05) is 23.9 Å². The molecule has 1 N–H and O–H groups in total. The third-order valence-electron chi connectivity index (χ3n) is 4.88. The molecule has 3 aromatic carbocycles. The monoisotopic (exact) mass is 530 g/mol. The second-order valence-corrected chi connectivity index (χ2v) is 8.25. The molecule has 9 heteroatoms. The maximum absolute atomic E-state index is 13.8. The summed E-state index contributed by atoms with van der Waals surface area (Å²) in [6.07, 6.45) is -0.345. The zero-order valence-corrected chi connectivity index (χ0v) is 19.8. The second-order valence-electron chi connectivity index (χ2n) is 7.34. The van der Waals surface area contributed by atoms with Crippen LogP contribution in [0.15, 0.2) is 71.2 Å². The number of hydrogen-bond donors (Lipinski definition) is 1. The van der Waals surface area contributed by atoms with Crippen LogP contribution in [0.4, 0.5) is 20.2 Å². The van der Waals surface area contributed by atoms with Crippen LogP contribution in [0.2, 0.25) is 0 Å². The van der Waals surface area contributed by atoms with E-state index < -0.39 is 29.9 Å². The van der Waals surface area contributed by atoms with Crippen LogP contribution in [-0.2, 0) is 9.59 Å². The summed E-state index contributed by atoms with van der Waals surface area (Å²) in [6.45, 7) is -0.395. The highest BCUT2D eigenvalue weighted by atomic mass is 79.9. The first-order valence-corrected chi connectivity index (χ1v) is 11.1. The Morgan fingerprint density at radius 3 is 2.24 bits per heavy atom. The first-order chi connectivity index (χ1) is 16.2. The summed E-state index contributed by atoms with van der Waals surface area (Å²) in [6, 6.07) is 15.7. The standard InChI is InChI=1S/C25H21BrF2N2O4/c1-30(20-9-4-17(27)5-10-20)25(33)13-11-22(31)21-14-18(28)6-12-23(21)34-15-24(32)29-19-7-2-16(26)3-8-19/h2-10,12,14H,11,13,15H2,1H3,(H,29,32). The van der Waals surface area contributed by atoms with Gasteiger partial charge in [-0.25, -0.2) is 8.78 Å². The van der Waals surface area contributed by atoms with Gasteiger partial charge in [-0.1, -0.05) is 15.9 Å². The molecule has 0 aliphatic rings. The van der Waals surface area contributed by atoms with Crippen LogP contribution in [-0.4, -0.2) is 31.3 Å². The topological polar surface area (TPSA) is 75.7 Å². The van der Waals surface area contributed by atoms with Crippen molar-refractivity contribution in [1.82, 2.24) is 0 Å². The van der Waals surface area contributed by atoms with E-state index >= 15 is 0 Å². The Hall–Kier alpha value is -3.59.